The van der Waals surface area contributed by atoms with Crippen LogP contribution in [-0.4, -0.2) is 62.3 Å². The lowest BCUT2D eigenvalue weighted by Crippen LogP contribution is -2.43. The molecule has 32 heavy (non-hydrogen) atoms. The molecule has 2 aliphatic rings. The van der Waals surface area contributed by atoms with Gasteiger partial charge in [-0.15, -0.1) is 0 Å². The third-order valence-electron chi connectivity index (χ3n) is 6.49. The Hall–Kier alpha value is -1.65. The number of nitrogens with zero attached hydrogens (tertiary/aromatic N) is 2. The largest absolute Gasteiger partial charge is 0.416 e. The molecule has 1 unspecified atom stereocenters. The van der Waals surface area contributed by atoms with Crippen molar-refractivity contribution >= 4 is 15.9 Å². The molecule has 180 valence electrons. The number of carbonyl (C=O) groups is 1. The summed E-state index contributed by atoms with van der Waals surface area (Å²) >= 11 is 0. The van der Waals surface area contributed by atoms with Gasteiger partial charge < -0.3 is 10.2 Å². The van der Waals surface area contributed by atoms with Crippen molar-refractivity contribution in [2.75, 3.05) is 32.7 Å². The van der Waals surface area contributed by atoms with E-state index >= 15 is 0 Å². The van der Waals surface area contributed by atoms with Gasteiger partial charge in [0.1, 0.15) is 0 Å². The van der Waals surface area contributed by atoms with Crippen LogP contribution < -0.4 is 5.32 Å². The lowest BCUT2D eigenvalue weighted by Gasteiger charge is -2.33. The minimum Gasteiger partial charge on any atom is -0.356 e. The standard InChI is InChI=1S/C22H32F3N3O3S/c1-17-6-2-3-12-27(17)13-5-11-26-21(29)18-9-14-28(15-10-18)32(30,31)20-8-4-7-19(16-20)22(23,24)25/h4,7-8,16-18H,2-3,5-6,9-15H2,1H3,(H,26,29). The van der Waals surface area contributed by atoms with Gasteiger partial charge in [-0.3, -0.25) is 4.79 Å². The summed E-state index contributed by atoms with van der Waals surface area (Å²) in [7, 11) is -4.04. The van der Waals surface area contributed by atoms with Crippen LogP contribution >= 0.6 is 0 Å². The summed E-state index contributed by atoms with van der Waals surface area (Å²) in [4.78, 5) is 14.6. The molecule has 1 aromatic carbocycles. The van der Waals surface area contributed by atoms with E-state index in [0.29, 0.717) is 31.5 Å². The first-order valence-corrected chi connectivity index (χ1v) is 12.7. The Morgan fingerprint density at radius 2 is 1.84 bits per heavy atom. The summed E-state index contributed by atoms with van der Waals surface area (Å²) < 4.78 is 65.5. The zero-order chi connectivity index (χ0) is 23.4. The number of hydrogen-bond donors (Lipinski definition) is 1. The summed E-state index contributed by atoms with van der Waals surface area (Å²) in [5.74, 6) is -0.357. The minimum atomic E-state index is -4.61. The van der Waals surface area contributed by atoms with Gasteiger partial charge in [-0.2, -0.15) is 17.5 Å². The molecule has 0 saturated carbocycles. The molecular formula is C22H32F3N3O3S. The van der Waals surface area contributed by atoms with Crippen molar-refractivity contribution in [3.63, 3.8) is 0 Å². The van der Waals surface area contributed by atoms with Crippen molar-refractivity contribution in [1.82, 2.24) is 14.5 Å². The van der Waals surface area contributed by atoms with Crippen molar-refractivity contribution < 1.29 is 26.4 Å². The number of nitrogens with one attached hydrogen (secondary N) is 1. The summed E-state index contributed by atoms with van der Waals surface area (Å²) in [6.07, 6.45) is 0.686. The fourth-order valence-corrected chi connectivity index (χ4v) is 5.98. The minimum absolute atomic E-state index is 0.0761. The number of alkyl halides is 3. The van der Waals surface area contributed by atoms with Crippen LogP contribution in [-0.2, 0) is 21.0 Å². The van der Waals surface area contributed by atoms with Crippen LogP contribution in [0.1, 0.15) is 51.0 Å². The van der Waals surface area contributed by atoms with E-state index in [2.05, 4.69) is 17.1 Å². The van der Waals surface area contributed by atoms with Gasteiger partial charge in [0.05, 0.1) is 10.5 Å². The average Bonchev–Trinajstić information content (AvgIpc) is 2.77. The molecule has 0 aliphatic carbocycles. The molecular weight excluding hydrogens is 443 g/mol. The zero-order valence-electron chi connectivity index (χ0n) is 18.4. The first-order chi connectivity index (χ1) is 15.1. The van der Waals surface area contributed by atoms with Crippen LogP contribution in [0.15, 0.2) is 29.2 Å². The number of halogens is 3. The summed E-state index contributed by atoms with van der Waals surface area (Å²) in [6.45, 7) is 5.11. The lowest BCUT2D eigenvalue weighted by molar-refractivity contribution is -0.137. The maximum atomic E-state index is 12.9. The molecule has 2 fully saturated rings. The number of sulfonamides is 1. The van der Waals surface area contributed by atoms with Gasteiger partial charge in [-0.1, -0.05) is 12.5 Å². The highest BCUT2D eigenvalue weighted by atomic mass is 32.2. The molecule has 3 rings (SSSR count). The first-order valence-electron chi connectivity index (χ1n) is 11.3. The van der Waals surface area contributed by atoms with E-state index in [1.807, 2.05) is 0 Å². The maximum absolute atomic E-state index is 12.9. The van der Waals surface area contributed by atoms with Gasteiger partial charge in [-0.05, 0) is 63.8 Å². The molecule has 6 nitrogen and oxygen atoms in total. The van der Waals surface area contributed by atoms with Gasteiger partial charge in [-0.25, -0.2) is 8.42 Å². The third kappa shape index (κ3) is 6.23. The monoisotopic (exact) mass is 475 g/mol. The Labute approximate surface area is 188 Å². The highest BCUT2D eigenvalue weighted by molar-refractivity contribution is 7.89. The van der Waals surface area contributed by atoms with E-state index in [9.17, 15) is 26.4 Å². The Morgan fingerprint density at radius 1 is 1.12 bits per heavy atom. The second-order valence-electron chi connectivity index (χ2n) is 8.73. The van der Waals surface area contributed by atoms with Crippen LogP contribution in [0.3, 0.4) is 0 Å². The SMILES string of the molecule is CC1CCCCN1CCCNC(=O)C1CCN(S(=O)(=O)c2cccc(C(F)(F)F)c2)CC1. The topological polar surface area (TPSA) is 69.7 Å². The summed E-state index contributed by atoms with van der Waals surface area (Å²) in [5, 5.41) is 2.96. The molecule has 2 aliphatic heterocycles. The number of carbonyl (C=O) groups excluding carboxylic acids is 1. The van der Waals surface area contributed by atoms with E-state index in [-0.39, 0.29) is 29.8 Å². The second kappa shape index (κ2) is 10.5. The van der Waals surface area contributed by atoms with E-state index in [0.717, 1.165) is 31.6 Å². The lowest BCUT2D eigenvalue weighted by atomic mass is 9.97. The molecule has 0 radical (unpaired) electrons. The number of likely N-dealkylation sites (tertiary alicyclic amines) is 1. The van der Waals surface area contributed by atoms with Crippen molar-refractivity contribution in [2.45, 2.75) is 62.6 Å². The molecule has 0 spiro atoms. The van der Waals surface area contributed by atoms with Crippen molar-refractivity contribution in [2.24, 2.45) is 5.92 Å². The van der Waals surface area contributed by atoms with E-state index in [1.165, 1.54) is 29.6 Å². The number of hydrogen-bond acceptors (Lipinski definition) is 4. The number of amides is 1. The normalized spacial score (nSPS) is 22.1. The zero-order valence-corrected chi connectivity index (χ0v) is 19.2. The summed E-state index contributed by atoms with van der Waals surface area (Å²) in [6, 6.07) is 4.37. The average molecular weight is 476 g/mol. The molecule has 1 amide bonds. The van der Waals surface area contributed by atoms with Crippen molar-refractivity contribution in [3.8, 4) is 0 Å². The second-order valence-corrected chi connectivity index (χ2v) is 10.7. The van der Waals surface area contributed by atoms with Crippen molar-refractivity contribution in [1.29, 1.82) is 0 Å². The summed E-state index contributed by atoms with van der Waals surface area (Å²) in [5.41, 5.74) is -0.994. The highest BCUT2D eigenvalue weighted by Crippen LogP contribution is 2.32. The van der Waals surface area contributed by atoms with Gasteiger partial charge in [0.25, 0.3) is 0 Å². The van der Waals surface area contributed by atoms with Crippen LogP contribution in [0.2, 0.25) is 0 Å². The Kier molecular flexibility index (Phi) is 8.21. The van der Waals surface area contributed by atoms with Crippen LogP contribution in [0.4, 0.5) is 13.2 Å². The van der Waals surface area contributed by atoms with Crippen LogP contribution in [0, 0.1) is 5.92 Å². The maximum Gasteiger partial charge on any atom is 0.416 e. The molecule has 1 aromatic rings. The smallest absolute Gasteiger partial charge is 0.356 e. The fourth-order valence-electron chi connectivity index (χ4n) is 4.47. The van der Waals surface area contributed by atoms with Gasteiger partial charge in [0, 0.05) is 38.1 Å². The Bertz CT molecular complexity index is 884. The van der Waals surface area contributed by atoms with Gasteiger partial charge in [0.2, 0.25) is 15.9 Å². The van der Waals surface area contributed by atoms with Gasteiger partial charge in [0.15, 0.2) is 0 Å². The molecule has 10 heteroatoms. The molecule has 1 N–H and O–H groups in total. The highest BCUT2D eigenvalue weighted by Gasteiger charge is 2.35. The predicted molar refractivity (Wildman–Crippen MR) is 115 cm³/mol. The molecule has 2 saturated heterocycles. The molecule has 0 bridgehead atoms. The number of benzene rings is 1. The third-order valence-corrected chi connectivity index (χ3v) is 8.38. The Morgan fingerprint density at radius 3 is 2.50 bits per heavy atom. The Balaban J connectivity index is 1.46. The number of rotatable bonds is 7. The van der Waals surface area contributed by atoms with E-state index in [1.54, 1.807) is 0 Å². The quantitative estimate of drug-likeness (QED) is 0.613. The van der Waals surface area contributed by atoms with E-state index < -0.39 is 21.8 Å². The first kappa shape index (κ1) is 25.0. The fraction of sp³-hybridized carbons (Fsp3) is 0.682. The van der Waals surface area contributed by atoms with Gasteiger partial charge >= 0.3 is 6.18 Å². The van der Waals surface area contributed by atoms with E-state index in [4.69, 9.17) is 0 Å². The predicted octanol–water partition coefficient (Wildman–Crippen LogP) is 3.49. The van der Waals surface area contributed by atoms with Crippen LogP contribution in [0.25, 0.3) is 0 Å². The van der Waals surface area contributed by atoms with Crippen LogP contribution in [0.5, 0.6) is 0 Å². The molecule has 2 heterocycles. The van der Waals surface area contributed by atoms with Crippen molar-refractivity contribution in [3.05, 3.63) is 29.8 Å². The molecule has 1 atom stereocenters. The number of piperidine rings is 2. The molecule has 0 aromatic heterocycles.